The summed E-state index contributed by atoms with van der Waals surface area (Å²) in [5, 5.41) is 0. The van der Waals surface area contributed by atoms with Crippen molar-refractivity contribution in [1.29, 1.82) is 0 Å². The number of hydrogen-bond donors (Lipinski definition) is 0. The standard InChI is InChI=1S/C19H15NO3/c21-19(22-14-15-6-2-1-3-7-15)16-9-11-17(12-10-16)23-18-8-4-5-13-20-18/h1-13H,14H2. The van der Waals surface area contributed by atoms with Crippen LogP contribution in [-0.4, -0.2) is 11.0 Å². The van der Waals surface area contributed by atoms with Gasteiger partial charge in [-0.05, 0) is 35.9 Å². The molecule has 3 rings (SSSR count). The predicted molar refractivity (Wildman–Crippen MR) is 86.3 cm³/mol. The molecule has 1 aromatic heterocycles. The highest BCUT2D eigenvalue weighted by Gasteiger charge is 2.08. The van der Waals surface area contributed by atoms with E-state index in [4.69, 9.17) is 9.47 Å². The summed E-state index contributed by atoms with van der Waals surface area (Å²) >= 11 is 0. The van der Waals surface area contributed by atoms with Gasteiger partial charge in [0.2, 0.25) is 5.88 Å². The molecule has 114 valence electrons. The van der Waals surface area contributed by atoms with E-state index in [9.17, 15) is 4.79 Å². The fourth-order valence-electron chi connectivity index (χ4n) is 1.99. The van der Waals surface area contributed by atoms with E-state index >= 15 is 0 Å². The van der Waals surface area contributed by atoms with Gasteiger partial charge in [0.1, 0.15) is 12.4 Å². The van der Waals surface area contributed by atoms with Crippen LogP contribution in [0, 0.1) is 0 Å². The van der Waals surface area contributed by atoms with Crippen LogP contribution in [0.25, 0.3) is 0 Å². The SMILES string of the molecule is O=C(OCc1ccccc1)c1ccc(Oc2ccccn2)cc1. The Morgan fingerprint density at radius 1 is 0.870 bits per heavy atom. The lowest BCUT2D eigenvalue weighted by molar-refractivity contribution is 0.0472. The maximum absolute atomic E-state index is 12.0. The van der Waals surface area contributed by atoms with Gasteiger partial charge in [-0.15, -0.1) is 0 Å². The van der Waals surface area contributed by atoms with Crippen LogP contribution in [0.4, 0.5) is 0 Å². The molecule has 2 aromatic carbocycles. The molecule has 0 fully saturated rings. The van der Waals surface area contributed by atoms with E-state index in [1.807, 2.05) is 42.5 Å². The van der Waals surface area contributed by atoms with E-state index in [1.165, 1.54) is 0 Å². The van der Waals surface area contributed by atoms with Crippen molar-refractivity contribution in [3.63, 3.8) is 0 Å². The second-order valence-electron chi connectivity index (χ2n) is 4.86. The summed E-state index contributed by atoms with van der Waals surface area (Å²) < 4.78 is 10.9. The third-order valence-electron chi connectivity index (χ3n) is 3.16. The number of ether oxygens (including phenoxy) is 2. The number of esters is 1. The molecule has 0 saturated heterocycles. The Morgan fingerprint density at radius 3 is 2.30 bits per heavy atom. The second kappa shape index (κ2) is 7.22. The molecule has 0 atom stereocenters. The van der Waals surface area contributed by atoms with Crippen molar-refractivity contribution in [2.24, 2.45) is 0 Å². The minimum atomic E-state index is -0.363. The van der Waals surface area contributed by atoms with Crippen LogP contribution in [0.15, 0.2) is 79.0 Å². The van der Waals surface area contributed by atoms with Gasteiger partial charge in [0.25, 0.3) is 0 Å². The minimum absolute atomic E-state index is 0.256. The van der Waals surface area contributed by atoms with Crippen molar-refractivity contribution < 1.29 is 14.3 Å². The van der Waals surface area contributed by atoms with Gasteiger partial charge in [-0.2, -0.15) is 0 Å². The molecule has 0 amide bonds. The first-order valence-electron chi connectivity index (χ1n) is 7.21. The van der Waals surface area contributed by atoms with Crippen LogP contribution < -0.4 is 4.74 Å². The van der Waals surface area contributed by atoms with Crippen molar-refractivity contribution in [2.75, 3.05) is 0 Å². The Kier molecular flexibility index (Phi) is 4.64. The zero-order chi connectivity index (χ0) is 15.9. The average molecular weight is 305 g/mol. The van der Waals surface area contributed by atoms with Crippen molar-refractivity contribution in [2.45, 2.75) is 6.61 Å². The highest BCUT2D eigenvalue weighted by atomic mass is 16.5. The van der Waals surface area contributed by atoms with Crippen LogP contribution in [0.3, 0.4) is 0 Å². The first-order chi connectivity index (χ1) is 11.3. The van der Waals surface area contributed by atoms with Crippen LogP contribution >= 0.6 is 0 Å². The van der Waals surface area contributed by atoms with Gasteiger partial charge in [0, 0.05) is 12.3 Å². The normalized spacial score (nSPS) is 10.1. The number of carbonyl (C=O) groups is 1. The first-order valence-corrected chi connectivity index (χ1v) is 7.21. The molecule has 0 saturated carbocycles. The molecule has 0 aliphatic heterocycles. The van der Waals surface area contributed by atoms with E-state index < -0.39 is 0 Å². The van der Waals surface area contributed by atoms with Crippen LogP contribution in [-0.2, 0) is 11.3 Å². The summed E-state index contributed by atoms with van der Waals surface area (Å²) in [5.74, 6) is 0.758. The predicted octanol–water partition coefficient (Wildman–Crippen LogP) is 4.23. The molecule has 0 radical (unpaired) electrons. The molecular weight excluding hydrogens is 290 g/mol. The fourth-order valence-corrected chi connectivity index (χ4v) is 1.99. The van der Waals surface area contributed by atoms with Crippen molar-refractivity contribution in [1.82, 2.24) is 4.98 Å². The summed E-state index contributed by atoms with van der Waals surface area (Å²) in [4.78, 5) is 16.1. The number of benzene rings is 2. The second-order valence-corrected chi connectivity index (χ2v) is 4.86. The number of carbonyl (C=O) groups excluding carboxylic acids is 1. The van der Waals surface area contributed by atoms with Gasteiger partial charge in [-0.3, -0.25) is 0 Å². The number of pyridine rings is 1. The summed E-state index contributed by atoms with van der Waals surface area (Å²) in [6.45, 7) is 0.256. The van der Waals surface area contributed by atoms with Crippen molar-refractivity contribution in [3.8, 4) is 11.6 Å². The van der Waals surface area contributed by atoms with E-state index in [-0.39, 0.29) is 12.6 Å². The van der Waals surface area contributed by atoms with E-state index in [0.29, 0.717) is 17.2 Å². The fraction of sp³-hybridized carbons (Fsp3) is 0.0526. The topological polar surface area (TPSA) is 48.4 Å². The number of aromatic nitrogens is 1. The van der Waals surface area contributed by atoms with Gasteiger partial charge >= 0.3 is 5.97 Å². The highest BCUT2D eigenvalue weighted by Crippen LogP contribution is 2.19. The summed E-state index contributed by atoms with van der Waals surface area (Å²) in [6.07, 6.45) is 1.66. The molecule has 0 spiro atoms. The number of hydrogen-bond acceptors (Lipinski definition) is 4. The lowest BCUT2D eigenvalue weighted by atomic mass is 10.2. The third-order valence-corrected chi connectivity index (χ3v) is 3.16. The molecule has 4 heteroatoms. The molecule has 23 heavy (non-hydrogen) atoms. The molecule has 0 aliphatic carbocycles. The lowest BCUT2D eigenvalue weighted by Crippen LogP contribution is -2.05. The minimum Gasteiger partial charge on any atom is -0.457 e. The van der Waals surface area contributed by atoms with Gasteiger partial charge < -0.3 is 9.47 Å². The quantitative estimate of drug-likeness (QED) is 0.662. The van der Waals surface area contributed by atoms with Crippen molar-refractivity contribution in [3.05, 3.63) is 90.1 Å². The molecule has 0 N–H and O–H groups in total. The van der Waals surface area contributed by atoms with E-state index in [2.05, 4.69) is 4.98 Å². The molecular formula is C19H15NO3. The first kappa shape index (κ1) is 14.8. The molecule has 0 unspecified atom stereocenters. The smallest absolute Gasteiger partial charge is 0.338 e. The van der Waals surface area contributed by atoms with Gasteiger partial charge in [0.15, 0.2) is 0 Å². The van der Waals surface area contributed by atoms with Gasteiger partial charge in [-0.25, -0.2) is 9.78 Å². The average Bonchev–Trinajstić information content (AvgIpc) is 2.62. The molecule has 0 aliphatic rings. The van der Waals surface area contributed by atoms with E-state index in [1.54, 1.807) is 36.5 Å². The number of rotatable bonds is 5. The third kappa shape index (κ3) is 4.17. The van der Waals surface area contributed by atoms with Crippen LogP contribution in [0.1, 0.15) is 15.9 Å². The zero-order valence-corrected chi connectivity index (χ0v) is 12.4. The largest absolute Gasteiger partial charge is 0.457 e. The van der Waals surface area contributed by atoms with Gasteiger partial charge in [0.05, 0.1) is 5.56 Å². The van der Waals surface area contributed by atoms with Crippen LogP contribution in [0.2, 0.25) is 0 Å². The molecule has 4 nitrogen and oxygen atoms in total. The van der Waals surface area contributed by atoms with Crippen LogP contribution in [0.5, 0.6) is 11.6 Å². The molecule has 1 heterocycles. The Bertz CT molecular complexity index is 756. The number of nitrogens with zero attached hydrogens (tertiary/aromatic N) is 1. The Morgan fingerprint density at radius 2 is 1.61 bits per heavy atom. The Labute approximate surface area is 134 Å². The Balaban J connectivity index is 1.59. The highest BCUT2D eigenvalue weighted by molar-refractivity contribution is 5.89. The summed E-state index contributed by atoms with van der Waals surface area (Å²) in [7, 11) is 0. The zero-order valence-electron chi connectivity index (χ0n) is 12.4. The van der Waals surface area contributed by atoms with Crippen molar-refractivity contribution >= 4 is 5.97 Å². The maximum atomic E-state index is 12.0. The summed E-state index contributed by atoms with van der Waals surface area (Å²) in [6, 6.07) is 21.8. The molecule has 0 bridgehead atoms. The Hall–Kier alpha value is -3.14. The van der Waals surface area contributed by atoms with E-state index in [0.717, 1.165) is 5.56 Å². The summed E-state index contributed by atoms with van der Waals surface area (Å²) in [5.41, 5.74) is 1.44. The maximum Gasteiger partial charge on any atom is 0.338 e. The monoisotopic (exact) mass is 305 g/mol. The molecule has 3 aromatic rings. The van der Waals surface area contributed by atoms with Gasteiger partial charge in [-0.1, -0.05) is 36.4 Å². The lowest BCUT2D eigenvalue weighted by Gasteiger charge is -2.07.